The van der Waals surface area contributed by atoms with Crippen molar-refractivity contribution in [3.8, 4) is 0 Å². The van der Waals surface area contributed by atoms with Crippen LogP contribution in [0.2, 0.25) is 0 Å². The van der Waals surface area contributed by atoms with Crippen LogP contribution in [0.3, 0.4) is 0 Å². The number of benzene rings is 1. The lowest BCUT2D eigenvalue weighted by molar-refractivity contribution is 0.0526. The van der Waals surface area contributed by atoms with Crippen molar-refractivity contribution in [3.05, 3.63) is 35.5 Å². The first kappa shape index (κ1) is 9.77. The first-order chi connectivity index (χ1) is 7.22. The fourth-order valence-electron chi connectivity index (χ4n) is 1.69. The van der Waals surface area contributed by atoms with Gasteiger partial charge in [0, 0.05) is 17.1 Å². The molecule has 78 valence electrons. The van der Waals surface area contributed by atoms with Crippen LogP contribution in [-0.4, -0.2) is 17.6 Å². The fourth-order valence-corrected chi connectivity index (χ4v) is 1.69. The Morgan fingerprint density at radius 2 is 2.27 bits per heavy atom. The van der Waals surface area contributed by atoms with Crippen LogP contribution in [0, 0.1) is 6.92 Å². The zero-order valence-corrected chi connectivity index (χ0v) is 8.83. The van der Waals surface area contributed by atoms with Gasteiger partial charge in [0.25, 0.3) is 0 Å². The first-order valence-electron chi connectivity index (χ1n) is 4.97. The molecule has 0 aliphatic heterocycles. The Hall–Kier alpha value is -1.77. The van der Waals surface area contributed by atoms with Crippen molar-refractivity contribution in [2.45, 2.75) is 13.8 Å². The van der Waals surface area contributed by atoms with Crippen molar-refractivity contribution < 1.29 is 9.53 Å². The van der Waals surface area contributed by atoms with Gasteiger partial charge >= 0.3 is 5.97 Å². The third kappa shape index (κ3) is 1.73. The maximum Gasteiger partial charge on any atom is 0.338 e. The summed E-state index contributed by atoms with van der Waals surface area (Å²) in [5.41, 5.74) is 2.74. The lowest BCUT2D eigenvalue weighted by Gasteiger charge is -2.03. The topological polar surface area (TPSA) is 42.1 Å². The van der Waals surface area contributed by atoms with Gasteiger partial charge in [-0.25, -0.2) is 4.79 Å². The lowest BCUT2D eigenvalue weighted by Crippen LogP contribution is -2.04. The summed E-state index contributed by atoms with van der Waals surface area (Å²) >= 11 is 0. The Morgan fingerprint density at radius 1 is 1.47 bits per heavy atom. The van der Waals surface area contributed by atoms with Crippen molar-refractivity contribution in [3.63, 3.8) is 0 Å². The van der Waals surface area contributed by atoms with Gasteiger partial charge in [0.2, 0.25) is 0 Å². The summed E-state index contributed by atoms with van der Waals surface area (Å²) in [5, 5.41) is 1.04. The Bertz CT molecular complexity index is 499. The molecule has 15 heavy (non-hydrogen) atoms. The molecule has 0 spiro atoms. The minimum absolute atomic E-state index is 0.260. The zero-order chi connectivity index (χ0) is 10.8. The van der Waals surface area contributed by atoms with Gasteiger partial charge in [-0.15, -0.1) is 0 Å². The Morgan fingerprint density at radius 3 is 3.00 bits per heavy atom. The van der Waals surface area contributed by atoms with Crippen molar-refractivity contribution in [2.24, 2.45) is 0 Å². The van der Waals surface area contributed by atoms with Gasteiger partial charge in [-0.05, 0) is 37.6 Å². The second-order valence-corrected chi connectivity index (χ2v) is 3.46. The molecule has 0 bridgehead atoms. The number of esters is 1. The molecular weight excluding hydrogens is 190 g/mol. The molecule has 3 heteroatoms. The van der Waals surface area contributed by atoms with E-state index in [0.717, 1.165) is 16.5 Å². The summed E-state index contributed by atoms with van der Waals surface area (Å²) in [6.45, 7) is 4.18. The summed E-state index contributed by atoms with van der Waals surface area (Å²) < 4.78 is 4.96. The molecule has 1 aromatic carbocycles. The van der Waals surface area contributed by atoms with Gasteiger partial charge in [-0.3, -0.25) is 0 Å². The molecule has 0 aliphatic rings. The molecule has 0 aliphatic carbocycles. The molecule has 1 heterocycles. The molecule has 2 aromatic rings. The Labute approximate surface area is 88.1 Å². The van der Waals surface area contributed by atoms with Crippen LogP contribution in [0.4, 0.5) is 0 Å². The van der Waals surface area contributed by atoms with Gasteiger partial charge in [0.1, 0.15) is 0 Å². The Kier molecular flexibility index (Phi) is 2.46. The normalized spacial score (nSPS) is 10.5. The van der Waals surface area contributed by atoms with Gasteiger partial charge in [-0.1, -0.05) is 0 Å². The van der Waals surface area contributed by atoms with Crippen molar-refractivity contribution in [1.82, 2.24) is 4.98 Å². The van der Waals surface area contributed by atoms with Crippen LogP contribution in [-0.2, 0) is 4.74 Å². The highest BCUT2D eigenvalue weighted by atomic mass is 16.5. The number of aromatic nitrogens is 1. The summed E-state index contributed by atoms with van der Waals surface area (Å²) in [4.78, 5) is 14.7. The van der Waals surface area contributed by atoms with Crippen molar-refractivity contribution >= 4 is 16.9 Å². The minimum Gasteiger partial charge on any atom is -0.462 e. The number of rotatable bonds is 2. The van der Waals surface area contributed by atoms with E-state index in [-0.39, 0.29) is 5.97 Å². The van der Waals surface area contributed by atoms with Crippen LogP contribution in [0.1, 0.15) is 22.8 Å². The lowest BCUT2D eigenvalue weighted by atomic mass is 10.1. The van der Waals surface area contributed by atoms with E-state index in [1.165, 1.54) is 0 Å². The molecule has 2 rings (SSSR count). The summed E-state index contributed by atoms with van der Waals surface area (Å²) in [7, 11) is 0. The number of ether oxygens (including phenoxy) is 1. The summed E-state index contributed by atoms with van der Waals surface area (Å²) in [6, 6.07) is 5.64. The number of aryl methyl sites for hydroxylation is 1. The van der Waals surface area contributed by atoms with Crippen LogP contribution >= 0.6 is 0 Å². The van der Waals surface area contributed by atoms with Crippen LogP contribution in [0.5, 0.6) is 0 Å². The number of carbonyl (C=O) groups is 1. The van der Waals surface area contributed by atoms with E-state index in [4.69, 9.17) is 4.74 Å². The predicted octanol–water partition coefficient (Wildman–Crippen LogP) is 2.65. The number of hydrogen-bond donors (Lipinski definition) is 1. The highest BCUT2D eigenvalue weighted by Crippen LogP contribution is 2.19. The van der Waals surface area contributed by atoms with Crippen LogP contribution in [0.25, 0.3) is 10.9 Å². The number of H-pyrrole nitrogens is 1. The van der Waals surface area contributed by atoms with E-state index in [0.29, 0.717) is 12.2 Å². The number of nitrogens with one attached hydrogen (secondary N) is 1. The average Bonchev–Trinajstić information content (AvgIpc) is 2.66. The third-order valence-electron chi connectivity index (χ3n) is 2.37. The second kappa shape index (κ2) is 3.77. The van der Waals surface area contributed by atoms with E-state index >= 15 is 0 Å². The zero-order valence-electron chi connectivity index (χ0n) is 8.83. The highest BCUT2D eigenvalue weighted by molar-refractivity contribution is 5.95. The third-order valence-corrected chi connectivity index (χ3v) is 2.37. The van der Waals surface area contributed by atoms with E-state index < -0.39 is 0 Å². The molecule has 0 radical (unpaired) electrons. The van der Waals surface area contributed by atoms with E-state index in [1.54, 1.807) is 6.92 Å². The highest BCUT2D eigenvalue weighted by Gasteiger charge is 2.09. The molecule has 1 N–H and O–H groups in total. The standard InChI is InChI=1S/C12H13NO2/c1-3-15-12(14)10-6-8(2)11-9(7-10)4-5-13-11/h4-7,13H,3H2,1-2H3. The second-order valence-electron chi connectivity index (χ2n) is 3.46. The maximum atomic E-state index is 11.5. The molecule has 1 aromatic heterocycles. The molecule has 0 atom stereocenters. The van der Waals surface area contributed by atoms with Gasteiger partial charge < -0.3 is 9.72 Å². The van der Waals surface area contributed by atoms with E-state index in [9.17, 15) is 4.79 Å². The molecule has 0 saturated carbocycles. The van der Waals surface area contributed by atoms with E-state index in [1.807, 2.05) is 31.3 Å². The first-order valence-corrected chi connectivity index (χ1v) is 4.97. The number of hydrogen-bond acceptors (Lipinski definition) is 2. The van der Waals surface area contributed by atoms with Crippen LogP contribution in [0.15, 0.2) is 24.4 Å². The molecule has 0 fully saturated rings. The largest absolute Gasteiger partial charge is 0.462 e. The fraction of sp³-hybridized carbons (Fsp3) is 0.250. The predicted molar refractivity (Wildman–Crippen MR) is 59.0 cm³/mol. The monoisotopic (exact) mass is 203 g/mol. The number of fused-ring (bicyclic) bond motifs is 1. The van der Waals surface area contributed by atoms with Crippen LogP contribution < -0.4 is 0 Å². The summed E-state index contributed by atoms with van der Waals surface area (Å²) in [6.07, 6.45) is 1.87. The number of aromatic amines is 1. The molecule has 0 saturated heterocycles. The van der Waals surface area contributed by atoms with E-state index in [2.05, 4.69) is 4.98 Å². The quantitative estimate of drug-likeness (QED) is 0.762. The molecular formula is C12H13NO2. The Balaban J connectivity index is 2.49. The molecule has 3 nitrogen and oxygen atoms in total. The number of carbonyl (C=O) groups excluding carboxylic acids is 1. The van der Waals surface area contributed by atoms with Gasteiger partial charge in [0.15, 0.2) is 0 Å². The average molecular weight is 203 g/mol. The van der Waals surface area contributed by atoms with Crippen molar-refractivity contribution in [1.29, 1.82) is 0 Å². The SMILES string of the molecule is CCOC(=O)c1cc(C)c2[nH]ccc2c1. The smallest absolute Gasteiger partial charge is 0.338 e. The maximum absolute atomic E-state index is 11.5. The molecule has 0 amide bonds. The van der Waals surface area contributed by atoms with Gasteiger partial charge in [-0.2, -0.15) is 0 Å². The van der Waals surface area contributed by atoms with Gasteiger partial charge in [0.05, 0.1) is 12.2 Å². The summed E-state index contributed by atoms with van der Waals surface area (Å²) in [5.74, 6) is -0.260. The molecule has 0 unspecified atom stereocenters. The van der Waals surface area contributed by atoms with Crippen molar-refractivity contribution in [2.75, 3.05) is 6.61 Å². The minimum atomic E-state index is -0.260.